The van der Waals surface area contributed by atoms with Crippen molar-refractivity contribution in [2.45, 2.75) is 31.8 Å². The fraction of sp³-hybridized carbons (Fsp3) is 0.429. The Bertz CT molecular complexity index is 1110. The van der Waals surface area contributed by atoms with Gasteiger partial charge in [-0.15, -0.1) is 0 Å². The van der Waals surface area contributed by atoms with E-state index >= 15 is 0 Å². The zero-order valence-corrected chi connectivity index (χ0v) is 16.7. The van der Waals surface area contributed by atoms with Gasteiger partial charge in [-0.3, -0.25) is 9.48 Å². The van der Waals surface area contributed by atoms with Crippen LogP contribution in [0.1, 0.15) is 26.2 Å². The van der Waals surface area contributed by atoms with Crippen molar-refractivity contribution >= 4 is 11.4 Å². The van der Waals surface area contributed by atoms with E-state index in [4.69, 9.17) is 9.72 Å². The van der Waals surface area contributed by atoms with Crippen LogP contribution in [0.4, 0.5) is 0 Å². The average Bonchev–Trinajstić information content (AvgIpc) is 3.39. The van der Waals surface area contributed by atoms with Gasteiger partial charge in [0.2, 0.25) is 11.8 Å². The highest BCUT2D eigenvalue weighted by atomic mass is 16.5. The molecular weight excluding hydrogens is 368 g/mol. The molecule has 1 saturated heterocycles. The van der Waals surface area contributed by atoms with Crippen LogP contribution in [0.15, 0.2) is 43.5 Å². The quantitative estimate of drug-likeness (QED) is 0.638. The van der Waals surface area contributed by atoms with Crippen molar-refractivity contribution in [2.24, 2.45) is 12.5 Å². The van der Waals surface area contributed by atoms with E-state index in [9.17, 15) is 4.79 Å². The van der Waals surface area contributed by atoms with Crippen LogP contribution in [0, 0.1) is 5.41 Å². The minimum atomic E-state index is -0.307. The number of aromatic nitrogens is 5. The molecular formula is C21H24N6O2. The maximum atomic E-state index is 11.9. The Balaban J connectivity index is 1.39. The van der Waals surface area contributed by atoms with Gasteiger partial charge in [-0.25, -0.2) is 9.50 Å². The third kappa shape index (κ3) is 2.99. The third-order valence-electron chi connectivity index (χ3n) is 6.12. The summed E-state index contributed by atoms with van der Waals surface area (Å²) in [6.45, 7) is 7.30. The normalized spacial score (nSPS) is 26.1. The van der Waals surface area contributed by atoms with Gasteiger partial charge in [0.25, 0.3) is 0 Å². The van der Waals surface area contributed by atoms with Crippen molar-refractivity contribution < 1.29 is 9.53 Å². The minimum Gasteiger partial charge on any atom is -0.470 e. The molecule has 2 fully saturated rings. The van der Waals surface area contributed by atoms with Gasteiger partial charge in [0.05, 0.1) is 24.3 Å². The lowest BCUT2D eigenvalue weighted by atomic mass is 9.59. The topological polar surface area (TPSA) is 77.6 Å². The van der Waals surface area contributed by atoms with Gasteiger partial charge in [0.15, 0.2) is 0 Å². The Hall–Kier alpha value is -3.16. The highest BCUT2D eigenvalue weighted by Gasteiger charge is 2.57. The Morgan fingerprint density at radius 2 is 2.14 bits per heavy atom. The van der Waals surface area contributed by atoms with Crippen molar-refractivity contribution in [3.63, 3.8) is 0 Å². The molecule has 29 heavy (non-hydrogen) atoms. The van der Waals surface area contributed by atoms with Crippen LogP contribution in [0.2, 0.25) is 0 Å². The van der Waals surface area contributed by atoms with Crippen LogP contribution in [0.3, 0.4) is 0 Å². The van der Waals surface area contributed by atoms with Crippen molar-refractivity contribution in [3.05, 3.63) is 43.5 Å². The summed E-state index contributed by atoms with van der Waals surface area (Å²) in [4.78, 5) is 18.6. The Morgan fingerprint density at radius 1 is 1.31 bits per heavy atom. The Kier molecular flexibility index (Phi) is 3.81. The van der Waals surface area contributed by atoms with E-state index in [1.54, 1.807) is 21.6 Å². The van der Waals surface area contributed by atoms with Gasteiger partial charge in [-0.1, -0.05) is 6.58 Å². The van der Waals surface area contributed by atoms with Gasteiger partial charge >= 0.3 is 0 Å². The van der Waals surface area contributed by atoms with Gasteiger partial charge in [-0.2, -0.15) is 10.2 Å². The largest absolute Gasteiger partial charge is 0.470 e. The molecule has 4 heterocycles. The van der Waals surface area contributed by atoms with E-state index in [0.717, 1.165) is 49.1 Å². The van der Waals surface area contributed by atoms with Crippen LogP contribution in [0.5, 0.6) is 5.88 Å². The standard InChI is InChI=1S/C21H24N6O2/c1-4-18(28)26-8-6-21(14-26)12-20(2,13-21)29-19-17-5-7-22-27(17)11-16(24-19)15-9-23-25(3)10-15/h4-5,7,9-11H,1,6,8,12-14H2,2-3H3/t20-,21-. The molecule has 0 aromatic carbocycles. The first-order valence-electron chi connectivity index (χ1n) is 9.83. The molecule has 5 rings (SSSR count). The second-order valence-corrected chi connectivity index (χ2v) is 8.61. The van der Waals surface area contributed by atoms with Crippen molar-refractivity contribution in [3.8, 4) is 17.1 Å². The van der Waals surface area contributed by atoms with E-state index in [1.165, 1.54) is 6.08 Å². The Morgan fingerprint density at radius 3 is 2.86 bits per heavy atom. The predicted octanol–water partition coefficient (Wildman–Crippen LogP) is 2.47. The summed E-state index contributed by atoms with van der Waals surface area (Å²) in [6, 6.07) is 1.91. The SMILES string of the molecule is C=CC(=O)N1CC[C@]2(C1)C[C@](C)(Oc1nc(-c3cnn(C)c3)cn3nccc13)C2. The summed E-state index contributed by atoms with van der Waals surface area (Å²) in [5, 5.41) is 8.61. The Labute approximate surface area is 168 Å². The highest BCUT2D eigenvalue weighted by Crippen LogP contribution is 2.55. The van der Waals surface area contributed by atoms with Gasteiger partial charge in [0.1, 0.15) is 11.1 Å². The summed E-state index contributed by atoms with van der Waals surface area (Å²) >= 11 is 0. The maximum Gasteiger partial charge on any atom is 0.245 e. The molecule has 1 aliphatic carbocycles. The van der Waals surface area contributed by atoms with Crippen LogP contribution in [-0.4, -0.2) is 53.9 Å². The number of nitrogens with zero attached hydrogens (tertiary/aromatic N) is 6. The second kappa shape index (κ2) is 6.17. The summed E-state index contributed by atoms with van der Waals surface area (Å²) in [5.41, 5.74) is 2.36. The number of amides is 1. The molecule has 150 valence electrons. The van der Waals surface area contributed by atoms with Gasteiger partial charge in [0, 0.05) is 31.9 Å². The lowest BCUT2D eigenvalue weighted by Crippen LogP contribution is -2.55. The van der Waals surface area contributed by atoms with Crippen molar-refractivity contribution in [1.82, 2.24) is 29.3 Å². The van der Waals surface area contributed by atoms with Gasteiger partial charge < -0.3 is 9.64 Å². The number of likely N-dealkylation sites (tertiary alicyclic amines) is 1. The smallest absolute Gasteiger partial charge is 0.245 e. The number of fused-ring (bicyclic) bond motifs is 1. The lowest BCUT2D eigenvalue weighted by molar-refractivity contribution is -0.128. The molecule has 1 spiro atoms. The number of ether oxygens (including phenoxy) is 1. The molecule has 1 amide bonds. The first-order chi connectivity index (χ1) is 13.9. The van der Waals surface area contributed by atoms with Crippen molar-refractivity contribution in [2.75, 3.05) is 13.1 Å². The number of hydrogen-bond donors (Lipinski definition) is 0. The lowest BCUT2D eigenvalue weighted by Gasteiger charge is -2.52. The van der Waals surface area contributed by atoms with Crippen LogP contribution in [0.25, 0.3) is 16.8 Å². The molecule has 3 aromatic heterocycles. The molecule has 0 atom stereocenters. The van der Waals surface area contributed by atoms with Gasteiger partial charge in [-0.05, 0) is 43.7 Å². The molecule has 1 saturated carbocycles. The fourth-order valence-corrected chi connectivity index (χ4v) is 5.05. The molecule has 0 radical (unpaired) electrons. The number of aryl methyl sites for hydroxylation is 1. The monoisotopic (exact) mass is 392 g/mol. The van der Waals surface area contributed by atoms with E-state index < -0.39 is 0 Å². The number of carbonyl (C=O) groups excluding carboxylic acids is 1. The number of rotatable bonds is 4. The van der Waals surface area contributed by atoms with E-state index in [0.29, 0.717) is 5.88 Å². The van der Waals surface area contributed by atoms with E-state index in [2.05, 4.69) is 23.7 Å². The summed E-state index contributed by atoms with van der Waals surface area (Å²) in [7, 11) is 1.88. The molecule has 8 heteroatoms. The van der Waals surface area contributed by atoms with E-state index in [-0.39, 0.29) is 16.9 Å². The average molecular weight is 392 g/mol. The first-order valence-corrected chi connectivity index (χ1v) is 9.83. The zero-order valence-electron chi connectivity index (χ0n) is 16.7. The number of carbonyl (C=O) groups is 1. The van der Waals surface area contributed by atoms with E-state index in [1.807, 2.05) is 30.4 Å². The summed E-state index contributed by atoms with van der Waals surface area (Å²) < 4.78 is 10.0. The molecule has 8 nitrogen and oxygen atoms in total. The highest BCUT2D eigenvalue weighted by molar-refractivity contribution is 5.87. The maximum absolute atomic E-state index is 11.9. The first kappa shape index (κ1) is 17.9. The summed E-state index contributed by atoms with van der Waals surface area (Å²) in [5.74, 6) is 0.599. The van der Waals surface area contributed by atoms with Crippen molar-refractivity contribution in [1.29, 1.82) is 0 Å². The third-order valence-corrected chi connectivity index (χ3v) is 6.12. The molecule has 2 aliphatic rings. The molecule has 0 unspecified atom stereocenters. The molecule has 0 bridgehead atoms. The zero-order chi connectivity index (χ0) is 20.2. The fourth-order valence-electron chi connectivity index (χ4n) is 5.05. The number of hydrogen-bond acceptors (Lipinski definition) is 5. The predicted molar refractivity (Wildman–Crippen MR) is 107 cm³/mol. The second-order valence-electron chi connectivity index (χ2n) is 8.61. The van der Waals surface area contributed by atoms with Crippen LogP contribution >= 0.6 is 0 Å². The molecule has 0 N–H and O–H groups in total. The van der Waals surface area contributed by atoms with Crippen LogP contribution in [-0.2, 0) is 11.8 Å². The molecule has 1 aliphatic heterocycles. The summed E-state index contributed by atoms with van der Waals surface area (Å²) in [6.07, 6.45) is 11.6. The minimum absolute atomic E-state index is 0.0169. The molecule has 3 aromatic rings. The van der Waals surface area contributed by atoms with Crippen LogP contribution < -0.4 is 4.74 Å².